The van der Waals surface area contributed by atoms with Crippen molar-refractivity contribution >= 4 is 34.0 Å². The molecule has 1 aliphatic carbocycles. The second-order valence-electron chi connectivity index (χ2n) is 5.60. The molecule has 106 valence electrons. The van der Waals surface area contributed by atoms with Crippen molar-refractivity contribution < 1.29 is 9.50 Å². The minimum Gasteiger partial charge on any atom is -0.397 e. The molecule has 19 heavy (non-hydrogen) atoms. The van der Waals surface area contributed by atoms with Gasteiger partial charge in [0.2, 0.25) is 0 Å². The van der Waals surface area contributed by atoms with Crippen LogP contribution in [0.2, 0.25) is 0 Å². The summed E-state index contributed by atoms with van der Waals surface area (Å²) < 4.78 is 14.1. The van der Waals surface area contributed by atoms with Gasteiger partial charge >= 0.3 is 0 Å². The van der Waals surface area contributed by atoms with E-state index in [1.807, 2.05) is 22.6 Å². The fourth-order valence-corrected chi connectivity index (χ4v) is 3.08. The maximum Gasteiger partial charge on any atom is 0.138 e. The third-order valence-corrected chi connectivity index (χ3v) is 4.85. The first kappa shape index (κ1) is 14.8. The number of nitrogen functional groups attached to an aromatic ring is 1. The van der Waals surface area contributed by atoms with Gasteiger partial charge in [0.15, 0.2) is 0 Å². The van der Waals surface area contributed by atoms with Gasteiger partial charge in [-0.1, -0.05) is 6.92 Å². The van der Waals surface area contributed by atoms with E-state index < -0.39 is 0 Å². The zero-order valence-corrected chi connectivity index (χ0v) is 13.2. The SMILES string of the molecule is CC1CCC(CO)(Nc2cc(F)c(I)cc2N)CC1. The molecule has 0 aromatic heterocycles. The van der Waals surface area contributed by atoms with E-state index in [9.17, 15) is 9.50 Å². The first-order valence-corrected chi connectivity index (χ1v) is 7.67. The predicted octanol–water partition coefficient (Wildman–Crippen LogP) is 3.37. The molecule has 1 aromatic rings. The Bertz CT molecular complexity index is 459. The first-order chi connectivity index (χ1) is 8.96. The molecule has 3 nitrogen and oxygen atoms in total. The summed E-state index contributed by atoms with van der Waals surface area (Å²) in [5.41, 5.74) is 6.68. The Kier molecular flexibility index (Phi) is 4.55. The average Bonchev–Trinajstić information content (AvgIpc) is 2.39. The van der Waals surface area contributed by atoms with Gasteiger partial charge in [0.25, 0.3) is 0 Å². The number of nitrogens with one attached hydrogen (secondary N) is 1. The van der Waals surface area contributed by atoms with Crippen LogP contribution in [0.1, 0.15) is 32.6 Å². The lowest BCUT2D eigenvalue weighted by Crippen LogP contribution is -2.45. The highest BCUT2D eigenvalue weighted by Crippen LogP contribution is 2.36. The van der Waals surface area contributed by atoms with Crippen LogP contribution in [-0.2, 0) is 0 Å². The van der Waals surface area contributed by atoms with Gasteiger partial charge in [-0.25, -0.2) is 4.39 Å². The van der Waals surface area contributed by atoms with Crippen LogP contribution in [0.5, 0.6) is 0 Å². The molecular formula is C14H20FIN2O. The highest BCUT2D eigenvalue weighted by Gasteiger charge is 2.34. The molecule has 0 radical (unpaired) electrons. The van der Waals surface area contributed by atoms with Crippen LogP contribution >= 0.6 is 22.6 Å². The summed E-state index contributed by atoms with van der Waals surface area (Å²) in [5.74, 6) is 0.404. The number of hydrogen-bond donors (Lipinski definition) is 3. The van der Waals surface area contributed by atoms with Crippen LogP contribution in [0, 0.1) is 15.3 Å². The van der Waals surface area contributed by atoms with E-state index in [1.165, 1.54) is 6.07 Å². The Labute approximate surface area is 126 Å². The molecule has 0 heterocycles. The number of benzene rings is 1. The van der Waals surface area contributed by atoms with Crippen molar-refractivity contribution in [2.24, 2.45) is 5.92 Å². The zero-order valence-electron chi connectivity index (χ0n) is 11.0. The summed E-state index contributed by atoms with van der Waals surface area (Å²) in [4.78, 5) is 0. The predicted molar refractivity (Wildman–Crippen MR) is 84.6 cm³/mol. The lowest BCUT2D eigenvalue weighted by Gasteiger charge is -2.39. The quantitative estimate of drug-likeness (QED) is 0.559. The first-order valence-electron chi connectivity index (χ1n) is 6.59. The molecule has 0 atom stereocenters. The smallest absolute Gasteiger partial charge is 0.138 e. The van der Waals surface area contributed by atoms with E-state index >= 15 is 0 Å². The second-order valence-corrected chi connectivity index (χ2v) is 6.76. The van der Waals surface area contributed by atoms with Gasteiger partial charge < -0.3 is 16.2 Å². The number of nitrogens with two attached hydrogens (primary N) is 1. The highest BCUT2D eigenvalue weighted by molar-refractivity contribution is 14.1. The third-order valence-electron chi connectivity index (χ3n) is 4.03. The summed E-state index contributed by atoms with van der Waals surface area (Å²) in [7, 11) is 0. The fourth-order valence-electron chi connectivity index (χ4n) is 2.59. The van der Waals surface area contributed by atoms with Crippen molar-refractivity contribution in [3.63, 3.8) is 0 Å². The molecule has 5 heteroatoms. The summed E-state index contributed by atoms with van der Waals surface area (Å²) in [6.45, 7) is 2.27. The largest absolute Gasteiger partial charge is 0.397 e. The van der Waals surface area contributed by atoms with Gasteiger partial charge in [0.1, 0.15) is 5.82 Å². The Hall–Kier alpha value is -0.560. The maximum atomic E-state index is 13.6. The number of halogens is 2. The molecule has 1 aliphatic rings. The number of aliphatic hydroxyl groups is 1. The van der Waals surface area contributed by atoms with Gasteiger partial charge in [-0.3, -0.25) is 0 Å². The van der Waals surface area contributed by atoms with Crippen molar-refractivity contribution in [3.8, 4) is 0 Å². The summed E-state index contributed by atoms with van der Waals surface area (Å²) >= 11 is 1.92. The molecule has 1 aromatic carbocycles. The molecule has 2 rings (SSSR count). The second kappa shape index (κ2) is 5.83. The minimum atomic E-state index is -0.361. The van der Waals surface area contributed by atoms with Gasteiger partial charge in [0.05, 0.1) is 27.1 Å². The Morgan fingerprint density at radius 1 is 1.47 bits per heavy atom. The molecule has 1 fully saturated rings. The normalized spacial score (nSPS) is 27.3. The van der Waals surface area contributed by atoms with Crippen molar-refractivity contribution in [1.82, 2.24) is 0 Å². The molecule has 4 N–H and O–H groups in total. The van der Waals surface area contributed by atoms with Crippen LogP contribution < -0.4 is 11.1 Å². The fraction of sp³-hybridized carbons (Fsp3) is 0.571. The van der Waals surface area contributed by atoms with Crippen LogP contribution in [0.15, 0.2) is 12.1 Å². The standard InChI is InChI=1S/C14H20FIN2O/c1-9-2-4-14(8-19,5-3-9)18-13-6-10(15)11(16)7-12(13)17/h6-7,9,18-19H,2-5,8,17H2,1H3. The van der Waals surface area contributed by atoms with Crippen molar-refractivity contribution in [3.05, 3.63) is 21.5 Å². The van der Waals surface area contributed by atoms with Crippen LogP contribution in [0.3, 0.4) is 0 Å². The van der Waals surface area contributed by atoms with Gasteiger partial charge in [-0.2, -0.15) is 0 Å². The van der Waals surface area contributed by atoms with E-state index in [-0.39, 0.29) is 18.0 Å². The lowest BCUT2D eigenvalue weighted by atomic mass is 9.77. The van der Waals surface area contributed by atoms with Crippen LogP contribution in [0.4, 0.5) is 15.8 Å². The Morgan fingerprint density at radius 3 is 2.68 bits per heavy atom. The Morgan fingerprint density at radius 2 is 2.11 bits per heavy atom. The number of hydrogen-bond acceptors (Lipinski definition) is 3. The average molecular weight is 378 g/mol. The molecule has 0 unspecified atom stereocenters. The maximum absolute atomic E-state index is 13.6. The topological polar surface area (TPSA) is 58.3 Å². The number of aliphatic hydroxyl groups excluding tert-OH is 1. The summed E-state index contributed by atoms with van der Waals surface area (Å²) in [5, 5.41) is 13.0. The van der Waals surface area contributed by atoms with Crippen molar-refractivity contribution in [1.29, 1.82) is 0 Å². The van der Waals surface area contributed by atoms with Crippen molar-refractivity contribution in [2.45, 2.75) is 38.1 Å². The molecule has 0 bridgehead atoms. The molecular weight excluding hydrogens is 358 g/mol. The third kappa shape index (κ3) is 3.31. The van der Waals surface area contributed by atoms with E-state index in [0.717, 1.165) is 25.7 Å². The van der Waals surface area contributed by atoms with Crippen molar-refractivity contribution in [2.75, 3.05) is 17.7 Å². The number of anilines is 2. The van der Waals surface area contributed by atoms with Crippen LogP contribution in [0.25, 0.3) is 0 Å². The van der Waals surface area contributed by atoms with Gasteiger partial charge in [-0.15, -0.1) is 0 Å². The molecule has 1 saturated carbocycles. The van der Waals surface area contributed by atoms with Gasteiger partial charge in [0, 0.05) is 6.07 Å². The zero-order chi connectivity index (χ0) is 14.0. The van der Waals surface area contributed by atoms with Gasteiger partial charge in [-0.05, 0) is 60.3 Å². The molecule has 0 saturated heterocycles. The highest BCUT2D eigenvalue weighted by atomic mass is 127. The van der Waals surface area contributed by atoms with E-state index in [2.05, 4.69) is 12.2 Å². The molecule has 0 aliphatic heterocycles. The lowest BCUT2D eigenvalue weighted by molar-refractivity contribution is 0.155. The van der Waals surface area contributed by atoms with E-state index in [4.69, 9.17) is 5.73 Å². The van der Waals surface area contributed by atoms with E-state index in [1.54, 1.807) is 6.07 Å². The summed E-state index contributed by atoms with van der Waals surface area (Å²) in [6.07, 6.45) is 3.91. The van der Waals surface area contributed by atoms with E-state index in [0.29, 0.717) is 20.9 Å². The number of rotatable bonds is 3. The Balaban J connectivity index is 2.21. The monoisotopic (exact) mass is 378 g/mol. The van der Waals surface area contributed by atoms with Crippen LogP contribution in [-0.4, -0.2) is 17.3 Å². The summed E-state index contributed by atoms with van der Waals surface area (Å²) in [6, 6.07) is 3.04. The molecule has 0 spiro atoms. The minimum absolute atomic E-state index is 0.0484. The molecule has 0 amide bonds.